The van der Waals surface area contributed by atoms with Gasteiger partial charge in [-0.15, -0.1) is 0 Å². The quantitative estimate of drug-likeness (QED) is 0.692. The Morgan fingerprint density at radius 3 is 2.00 bits per heavy atom. The van der Waals surface area contributed by atoms with Gasteiger partial charge < -0.3 is 4.74 Å². The molecule has 5 nitrogen and oxygen atoms in total. The van der Waals surface area contributed by atoms with E-state index in [4.69, 9.17) is 15.3 Å². The molecule has 1 fully saturated rings. The molecule has 0 radical (unpaired) electrons. The van der Waals surface area contributed by atoms with Crippen molar-refractivity contribution in [1.82, 2.24) is 9.80 Å². The first kappa shape index (κ1) is 14.7. The van der Waals surface area contributed by atoms with Crippen LogP contribution in [0.1, 0.15) is 0 Å². The molecule has 18 heavy (non-hydrogen) atoms. The van der Waals surface area contributed by atoms with E-state index in [1.807, 2.05) is 12.1 Å². The summed E-state index contributed by atoms with van der Waals surface area (Å²) in [5.74, 6) is 0. The SMILES string of the molecule is N#CCN1CC(OCC(F)(F)F)CN(CC#N)C1. The molecule has 0 aliphatic carbocycles. The Kier molecular flexibility index (Phi) is 5.35. The lowest BCUT2D eigenvalue weighted by Crippen LogP contribution is -2.53. The zero-order valence-corrected chi connectivity index (χ0v) is 9.65. The van der Waals surface area contributed by atoms with Crippen molar-refractivity contribution in [3.63, 3.8) is 0 Å². The van der Waals surface area contributed by atoms with Gasteiger partial charge in [-0.2, -0.15) is 23.7 Å². The molecule has 1 aliphatic heterocycles. The third-order valence-corrected chi connectivity index (χ3v) is 2.40. The van der Waals surface area contributed by atoms with Gasteiger partial charge in [-0.1, -0.05) is 0 Å². The highest BCUT2D eigenvalue weighted by Crippen LogP contribution is 2.17. The fraction of sp³-hybridized carbons (Fsp3) is 0.800. The molecule has 0 amide bonds. The van der Waals surface area contributed by atoms with Crippen LogP contribution in [0.4, 0.5) is 13.2 Å². The van der Waals surface area contributed by atoms with Crippen LogP contribution in [0, 0.1) is 22.7 Å². The maximum atomic E-state index is 12.0. The molecule has 1 heterocycles. The Balaban J connectivity index is 2.51. The normalized spacial score (nSPS) is 19.4. The van der Waals surface area contributed by atoms with E-state index in [1.54, 1.807) is 9.80 Å². The van der Waals surface area contributed by atoms with Gasteiger partial charge in [0.05, 0.1) is 38.0 Å². The van der Waals surface area contributed by atoms with Gasteiger partial charge in [0.15, 0.2) is 0 Å². The predicted octanol–water partition coefficient (Wildman–Crippen LogP) is 0.556. The van der Waals surface area contributed by atoms with Crippen LogP contribution in [0.25, 0.3) is 0 Å². The highest BCUT2D eigenvalue weighted by Gasteiger charge is 2.32. The van der Waals surface area contributed by atoms with Crippen molar-refractivity contribution in [2.24, 2.45) is 0 Å². The minimum atomic E-state index is -4.36. The number of hydrogen-bond donors (Lipinski definition) is 0. The van der Waals surface area contributed by atoms with Gasteiger partial charge in [-0.25, -0.2) is 0 Å². The molecule has 0 bridgehead atoms. The van der Waals surface area contributed by atoms with Crippen LogP contribution < -0.4 is 0 Å². The highest BCUT2D eigenvalue weighted by atomic mass is 19.4. The van der Waals surface area contributed by atoms with Crippen molar-refractivity contribution in [2.75, 3.05) is 39.5 Å². The van der Waals surface area contributed by atoms with Crippen LogP contribution in [-0.2, 0) is 4.74 Å². The van der Waals surface area contributed by atoms with Gasteiger partial charge in [0.1, 0.15) is 6.61 Å². The number of halogens is 3. The number of nitriles is 2. The number of rotatable bonds is 4. The summed E-state index contributed by atoms with van der Waals surface area (Å²) >= 11 is 0. The number of hydrogen-bond acceptors (Lipinski definition) is 5. The molecule has 8 heteroatoms. The summed E-state index contributed by atoms with van der Waals surface area (Å²) in [6, 6.07) is 3.86. The Hall–Kier alpha value is -1.35. The number of nitrogens with zero attached hydrogens (tertiary/aromatic N) is 4. The van der Waals surface area contributed by atoms with E-state index in [0.29, 0.717) is 6.67 Å². The molecular formula is C10H13F3N4O. The average molecular weight is 262 g/mol. The lowest BCUT2D eigenvalue weighted by molar-refractivity contribution is -0.192. The van der Waals surface area contributed by atoms with E-state index in [-0.39, 0.29) is 26.2 Å². The van der Waals surface area contributed by atoms with Gasteiger partial charge in [0.25, 0.3) is 0 Å². The van der Waals surface area contributed by atoms with Crippen molar-refractivity contribution in [1.29, 1.82) is 10.5 Å². The van der Waals surface area contributed by atoms with E-state index >= 15 is 0 Å². The van der Waals surface area contributed by atoms with E-state index in [0.717, 1.165) is 0 Å². The van der Waals surface area contributed by atoms with Gasteiger partial charge in [-0.05, 0) is 0 Å². The highest BCUT2D eigenvalue weighted by molar-refractivity contribution is 4.87. The fourth-order valence-electron chi connectivity index (χ4n) is 1.78. The van der Waals surface area contributed by atoms with Crippen LogP contribution >= 0.6 is 0 Å². The zero-order valence-electron chi connectivity index (χ0n) is 9.65. The molecule has 0 aromatic carbocycles. The fourth-order valence-corrected chi connectivity index (χ4v) is 1.78. The van der Waals surface area contributed by atoms with Crippen LogP contribution in [0.3, 0.4) is 0 Å². The molecule has 0 saturated carbocycles. The van der Waals surface area contributed by atoms with Crippen molar-refractivity contribution < 1.29 is 17.9 Å². The first-order valence-electron chi connectivity index (χ1n) is 5.31. The van der Waals surface area contributed by atoms with E-state index in [1.165, 1.54) is 0 Å². The van der Waals surface area contributed by atoms with Crippen molar-refractivity contribution in [3.8, 4) is 12.1 Å². The molecule has 1 rings (SSSR count). The van der Waals surface area contributed by atoms with Crippen molar-refractivity contribution in [3.05, 3.63) is 0 Å². The smallest absolute Gasteiger partial charge is 0.366 e. The molecule has 100 valence electrons. The third kappa shape index (κ3) is 5.32. The largest absolute Gasteiger partial charge is 0.411 e. The summed E-state index contributed by atoms with van der Waals surface area (Å²) in [6.45, 7) is -0.162. The molecular weight excluding hydrogens is 249 g/mol. The van der Waals surface area contributed by atoms with E-state index < -0.39 is 18.9 Å². The number of alkyl halides is 3. The lowest BCUT2D eigenvalue weighted by Gasteiger charge is -2.37. The second-order valence-corrected chi connectivity index (χ2v) is 4.03. The van der Waals surface area contributed by atoms with Crippen molar-refractivity contribution in [2.45, 2.75) is 12.3 Å². The molecule has 0 aromatic rings. The lowest BCUT2D eigenvalue weighted by atomic mass is 10.2. The summed E-state index contributed by atoms with van der Waals surface area (Å²) in [7, 11) is 0. The summed E-state index contributed by atoms with van der Waals surface area (Å²) in [6.07, 6.45) is -5.00. The number of ether oxygens (including phenoxy) is 1. The maximum Gasteiger partial charge on any atom is 0.411 e. The van der Waals surface area contributed by atoms with E-state index in [2.05, 4.69) is 0 Å². The first-order valence-corrected chi connectivity index (χ1v) is 5.31. The summed E-state index contributed by atoms with van der Waals surface area (Å²) in [5.41, 5.74) is 0. The minimum Gasteiger partial charge on any atom is -0.366 e. The molecule has 0 spiro atoms. The molecule has 1 aliphatic rings. The first-order chi connectivity index (χ1) is 8.44. The molecule has 0 unspecified atom stereocenters. The standard InChI is InChI=1S/C10H13F3N4O/c11-10(12,13)7-18-9-5-16(3-1-14)8-17(6-9)4-2-15/h9H,3-8H2. The Labute approximate surface area is 103 Å². The summed E-state index contributed by atoms with van der Waals surface area (Å²) < 4.78 is 40.9. The summed E-state index contributed by atoms with van der Waals surface area (Å²) in [5, 5.41) is 17.2. The van der Waals surface area contributed by atoms with E-state index in [9.17, 15) is 13.2 Å². The van der Waals surface area contributed by atoms with Crippen LogP contribution in [0.5, 0.6) is 0 Å². The maximum absolute atomic E-state index is 12.0. The molecule has 1 saturated heterocycles. The monoisotopic (exact) mass is 262 g/mol. The molecule has 0 atom stereocenters. The average Bonchev–Trinajstić information content (AvgIpc) is 2.26. The Morgan fingerprint density at radius 1 is 1.11 bits per heavy atom. The van der Waals surface area contributed by atoms with Crippen LogP contribution in [0.15, 0.2) is 0 Å². The van der Waals surface area contributed by atoms with Crippen LogP contribution in [0.2, 0.25) is 0 Å². The van der Waals surface area contributed by atoms with Gasteiger partial charge >= 0.3 is 6.18 Å². The van der Waals surface area contributed by atoms with Crippen LogP contribution in [-0.4, -0.2) is 61.5 Å². The minimum absolute atomic E-state index is 0.105. The van der Waals surface area contributed by atoms with Gasteiger partial charge in [0.2, 0.25) is 0 Å². The zero-order chi connectivity index (χ0) is 13.6. The van der Waals surface area contributed by atoms with Gasteiger partial charge in [-0.3, -0.25) is 9.80 Å². The Morgan fingerprint density at radius 2 is 1.61 bits per heavy atom. The Bertz CT molecular complexity index is 323. The van der Waals surface area contributed by atoms with Gasteiger partial charge in [0, 0.05) is 13.1 Å². The molecule has 0 aromatic heterocycles. The topological polar surface area (TPSA) is 63.3 Å². The second kappa shape index (κ2) is 6.55. The molecule has 0 N–H and O–H groups in total. The summed E-state index contributed by atoms with van der Waals surface area (Å²) in [4.78, 5) is 3.31. The third-order valence-electron chi connectivity index (χ3n) is 2.40. The second-order valence-electron chi connectivity index (χ2n) is 4.03. The van der Waals surface area contributed by atoms with Crippen molar-refractivity contribution >= 4 is 0 Å². The predicted molar refractivity (Wildman–Crippen MR) is 55.0 cm³/mol.